The Morgan fingerprint density at radius 1 is 1.20 bits per heavy atom. The lowest BCUT2D eigenvalue weighted by atomic mass is 10.1. The molecular formula is C10H20N2O2S. The van der Waals surface area contributed by atoms with Crippen LogP contribution in [0.2, 0.25) is 0 Å². The lowest BCUT2D eigenvalue weighted by Gasteiger charge is -2.17. The maximum Gasteiger partial charge on any atom is 0.209 e. The number of rotatable bonds is 7. The summed E-state index contributed by atoms with van der Waals surface area (Å²) in [6.45, 7) is 0.786. The van der Waals surface area contributed by atoms with E-state index in [4.69, 9.17) is 5.14 Å². The average Bonchev–Trinajstić information content (AvgIpc) is 2.98. The van der Waals surface area contributed by atoms with E-state index in [1.54, 1.807) is 0 Å². The molecule has 2 rings (SSSR count). The van der Waals surface area contributed by atoms with E-state index in [-0.39, 0.29) is 5.75 Å². The van der Waals surface area contributed by atoms with Gasteiger partial charge in [-0.25, -0.2) is 13.6 Å². The van der Waals surface area contributed by atoms with Gasteiger partial charge in [0.1, 0.15) is 0 Å². The molecule has 4 nitrogen and oxygen atoms in total. The Labute approximate surface area is 91.7 Å². The van der Waals surface area contributed by atoms with E-state index in [0.717, 1.165) is 18.4 Å². The molecule has 0 atom stereocenters. The van der Waals surface area contributed by atoms with Crippen LogP contribution in [0.4, 0.5) is 0 Å². The Kier molecular flexibility index (Phi) is 3.33. The molecule has 2 aliphatic rings. The molecule has 2 aliphatic carbocycles. The second kappa shape index (κ2) is 4.39. The minimum Gasteiger partial charge on any atom is -0.313 e. The zero-order valence-electron chi connectivity index (χ0n) is 8.98. The molecular weight excluding hydrogens is 212 g/mol. The van der Waals surface area contributed by atoms with Crippen LogP contribution in [0.3, 0.4) is 0 Å². The van der Waals surface area contributed by atoms with Gasteiger partial charge in [0.15, 0.2) is 0 Å². The first-order valence-corrected chi connectivity index (χ1v) is 7.52. The summed E-state index contributed by atoms with van der Waals surface area (Å²) >= 11 is 0. The maximum absolute atomic E-state index is 10.7. The molecule has 0 aliphatic heterocycles. The summed E-state index contributed by atoms with van der Waals surface area (Å²) in [5.41, 5.74) is 0. The van der Waals surface area contributed by atoms with Crippen molar-refractivity contribution in [2.24, 2.45) is 17.0 Å². The summed E-state index contributed by atoms with van der Waals surface area (Å²) in [4.78, 5) is 0. The molecule has 0 radical (unpaired) electrons. The Bertz CT molecular complexity index is 295. The molecule has 0 bridgehead atoms. The molecule has 0 amide bonds. The van der Waals surface area contributed by atoms with Crippen molar-refractivity contribution >= 4 is 10.0 Å². The van der Waals surface area contributed by atoms with Crippen LogP contribution in [0.15, 0.2) is 0 Å². The SMILES string of the molecule is NS(=O)(=O)CCCNC(C1CC1)C1CC1. The summed E-state index contributed by atoms with van der Waals surface area (Å²) in [5, 5.41) is 8.44. The summed E-state index contributed by atoms with van der Waals surface area (Å²) in [5.74, 6) is 1.83. The third-order valence-electron chi connectivity index (χ3n) is 3.25. The van der Waals surface area contributed by atoms with Crippen molar-refractivity contribution in [3.63, 3.8) is 0 Å². The highest BCUT2D eigenvalue weighted by molar-refractivity contribution is 7.89. The summed E-state index contributed by atoms with van der Waals surface area (Å²) in [6.07, 6.45) is 6.04. The van der Waals surface area contributed by atoms with Gasteiger partial charge in [0.2, 0.25) is 10.0 Å². The van der Waals surface area contributed by atoms with Crippen LogP contribution >= 0.6 is 0 Å². The predicted molar refractivity (Wildman–Crippen MR) is 59.8 cm³/mol. The highest BCUT2D eigenvalue weighted by Crippen LogP contribution is 2.44. The monoisotopic (exact) mass is 232 g/mol. The number of hydrogen-bond acceptors (Lipinski definition) is 3. The molecule has 2 saturated carbocycles. The second-order valence-corrected chi connectivity index (χ2v) is 6.61. The quantitative estimate of drug-likeness (QED) is 0.626. The average molecular weight is 232 g/mol. The second-order valence-electron chi connectivity index (χ2n) is 4.88. The minimum absolute atomic E-state index is 0.0993. The van der Waals surface area contributed by atoms with E-state index in [1.165, 1.54) is 25.7 Å². The van der Waals surface area contributed by atoms with E-state index in [9.17, 15) is 8.42 Å². The van der Waals surface area contributed by atoms with Crippen LogP contribution in [0.25, 0.3) is 0 Å². The van der Waals surface area contributed by atoms with Gasteiger partial charge in [-0.1, -0.05) is 0 Å². The van der Waals surface area contributed by atoms with Gasteiger partial charge < -0.3 is 5.32 Å². The number of primary sulfonamides is 1. The van der Waals surface area contributed by atoms with Crippen LogP contribution in [-0.4, -0.2) is 26.8 Å². The summed E-state index contributed by atoms with van der Waals surface area (Å²) in [7, 11) is -3.27. The zero-order chi connectivity index (χ0) is 10.9. The lowest BCUT2D eigenvalue weighted by molar-refractivity contribution is 0.418. The van der Waals surface area contributed by atoms with Gasteiger partial charge >= 0.3 is 0 Å². The number of hydrogen-bond donors (Lipinski definition) is 2. The first-order valence-electron chi connectivity index (χ1n) is 5.80. The molecule has 2 fully saturated rings. The maximum atomic E-state index is 10.7. The van der Waals surface area contributed by atoms with Crippen LogP contribution in [0, 0.1) is 11.8 Å². The lowest BCUT2D eigenvalue weighted by Crippen LogP contribution is -2.34. The minimum atomic E-state index is -3.27. The molecule has 0 aromatic heterocycles. The van der Waals surface area contributed by atoms with Crippen LogP contribution < -0.4 is 10.5 Å². The van der Waals surface area contributed by atoms with E-state index < -0.39 is 10.0 Å². The zero-order valence-corrected chi connectivity index (χ0v) is 9.80. The van der Waals surface area contributed by atoms with Crippen LogP contribution in [-0.2, 0) is 10.0 Å². The van der Waals surface area contributed by atoms with Crippen molar-refractivity contribution in [2.45, 2.75) is 38.1 Å². The molecule has 0 saturated heterocycles. The fourth-order valence-electron chi connectivity index (χ4n) is 2.17. The van der Waals surface area contributed by atoms with Gasteiger partial charge in [0.05, 0.1) is 5.75 Å². The smallest absolute Gasteiger partial charge is 0.209 e. The molecule has 0 aromatic rings. The topological polar surface area (TPSA) is 72.2 Å². The summed E-state index contributed by atoms with van der Waals surface area (Å²) in [6, 6.07) is 0.658. The molecule has 0 spiro atoms. The Hall–Kier alpha value is -0.130. The van der Waals surface area contributed by atoms with Gasteiger partial charge in [-0.2, -0.15) is 0 Å². The first-order chi connectivity index (χ1) is 7.06. The third-order valence-corrected chi connectivity index (χ3v) is 4.10. The van der Waals surface area contributed by atoms with Crippen molar-refractivity contribution in [2.75, 3.05) is 12.3 Å². The van der Waals surface area contributed by atoms with Crippen molar-refractivity contribution in [1.82, 2.24) is 5.32 Å². The van der Waals surface area contributed by atoms with E-state index >= 15 is 0 Å². The van der Waals surface area contributed by atoms with Crippen molar-refractivity contribution < 1.29 is 8.42 Å². The van der Waals surface area contributed by atoms with E-state index in [0.29, 0.717) is 12.5 Å². The molecule has 0 unspecified atom stereocenters. The standard InChI is InChI=1S/C10H20N2O2S/c11-15(13,14)7-1-6-12-10(8-2-3-8)9-4-5-9/h8-10,12H,1-7H2,(H2,11,13,14). The number of nitrogens with one attached hydrogen (secondary N) is 1. The normalized spacial score (nSPS) is 22.3. The van der Waals surface area contributed by atoms with Crippen molar-refractivity contribution in [1.29, 1.82) is 0 Å². The van der Waals surface area contributed by atoms with E-state index in [2.05, 4.69) is 5.32 Å². The van der Waals surface area contributed by atoms with Crippen LogP contribution in [0.5, 0.6) is 0 Å². The Morgan fingerprint density at radius 2 is 1.73 bits per heavy atom. The molecule has 3 N–H and O–H groups in total. The number of nitrogens with two attached hydrogens (primary N) is 1. The summed E-state index contributed by atoms with van der Waals surface area (Å²) < 4.78 is 21.4. The van der Waals surface area contributed by atoms with Gasteiger partial charge in [0.25, 0.3) is 0 Å². The molecule has 0 aromatic carbocycles. The largest absolute Gasteiger partial charge is 0.313 e. The van der Waals surface area contributed by atoms with Gasteiger partial charge in [-0.15, -0.1) is 0 Å². The molecule has 15 heavy (non-hydrogen) atoms. The first kappa shape index (κ1) is 11.4. The molecule has 5 heteroatoms. The van der Waals surface area contributed by atoms with Crippen LogP contribution in [0.1, 0.15) is 32.1 Å². The highest BCUT2D eigenvalue weighted by atomic mass is 32.2. The predicted octanol–water partition coefficient (Wildman–Crippen LogP) is 0.443. The fraction of sp³-hybridized carbons (Fsp3) is 1.00. The fourth-order valence-corrected chi connectivity index (χ4v) is 2.72. The van der Waals surface area contributed by atoms with Gasteiger partial charge in [-0.05, 0) is 50.5 Å². The van der Waals surface area contributed by atoms with Gasteiger partial charge in [-0.3, -0.25) is 0 Å². The van der Waals surface area contributed by atoms with Gasteiger partial charge in [0, 0.05) is 6.04 Å². The number of sulfonamides is 1. The highest BCUT2D eigenvalue weighted by Gasteiger charge is 2.40. The van der Waals surface area contributed by atoms with Crippen molar-refractivity contribution in [3.8, 4) is 0 Å². The molecule has 0 heterocycles. The Morgan fingerprint density at radius 3 is 2.13 bits per heavy atom. The molecule has 88 valence electrons. The Balaban J connectivity index is 1.63. The third kappa shape index (κ3) is 4.09. The van der Waals surface area contributed by atoms with Crippen molar-refractivity contribution in [3.05, 3.63) is 0 Å². The van der Waals surface area contributed by atoms with E-state index in [1.807, 2.05) is 0 Å².